The molecule has 0 saturated heterocycles. The maximum absolute atomic E-state index is 12.5. The van der Waals surface area contributed by atoms with Crippen LogP contribution < -0.4 is 5.32 Å². The van der Waals surface area contributed by atoms with Crippen LogP contribution in [0.1, 0.15) is 32.1 Å². The van der Waals surface area contributed by atoms with Crippen molar-refractivity contribution in [1.29, 1.82) is 0 Å². The predicted molar refractivity (Wildman–Crippen MR) is 73.0 cm³/mol. The molecule has 1 fully saturated rings. The first-order chi connectivity index (χ1) is 8.70. The van der Waals surface area contributed by atoms with Crippen LogP contribution in [-0.2, 0) is 4.79 Å². The Bertz CT molecular complexity index is 481. The van der Waals surface area contributed by atoms with Gasteiger partial charge in [0.05, 0.1) is 11.1 Å². The number of fused-ring (bicyclic) bond motifs is 1. The molecule has 0 atom stereocenters. The minimum atomic E-state index is -0.197. The van der Waals surface area contributed by atoms with E-state index in [1.54, 1.807) is 30.0 Å². The summed E-state index contributed by atoms with van der Waals surface area (Å²) in [6.07, 6.45) is 5.52. The molecule has 2 N–H and O–H groups in total. The number of hydrogen-bond donors (Lipinski definition) is 2. The fourth-order valence-electron chi connectivity index (χ4n) is 2.87. The van der Waals surface area contributed by atoms with Gasteiger partial charge >= 0.3 is 0 Å². The summed E-state index contributed by atoms with van der Waals surface area (Å²) in [5.74, 6) is 1.25. The maximum atomic E-state index is 12.5. The van der Waals surface area contributed by atoms with Crippen LogP contribution in [-0.4, -0.2) is 16.8 Å². The third-order valence-electron chi connectivity index (χ3n) is 4.01. The molecule has 1 aromatic rings. The lowest BCUT2D eigenvalue weighted by Crippen LogP contribution is -2.39. The number of amides is 1. The van der Waals surface area contributed by atoms with Crippen molar-refractivity contribution in [3.8, 4) is 5.75 Å². The van der Waals surface area contributed by atoms with Crippen molar-refractivity contribution in [1.82, 2.24) is 0 Å². The van der Waals surface area contributed by atoms with Crippen LogP contribution >= 0.6 is 11.8 Å². The SMILES string of the molecule is O=C1Nc2ccc(O)cc2SCC12CCCCC2. The van der Waals surface area contributed by atoms with E-state index < -0.39 is 0 Å². The van der Waals surface area contributed by atoms with Crippen molar-refractivity contribution >= 4 is 23.4 Å². The quantitative estimate of drug-likeness (QED) is 0.705. The van der Waals surface area contributed by atoms with Crippen LogP contribution in [0, 0.1) is 5.41 Å². The Morgan fingerprint density at radius 1 is 1.22 bits per heavy atom. The van der Waals surface area contributed by atoms with Crippen molar-refractivity contribution in [2.75, 3.05) is 11.1 Å². The molecule has 1 aromatic carbocycles. The van der Waals surface area contributed by atoms with Crippen molar-refractivity contribution in [2.45, 2.75) is 37.0 Å². The largest absolute Gasteiger partial charge is 0.508 e. The van der Waals surface area contributed by atoms with Crippen molar-refractivity contribution in [2.24, 2.45) is 5.41 Å². The summed E-state index contributed by atoms with van der Waals surface area (Å²) in [5.41, 5.74) is 0.641. The third kappa shape index (κ3) is 1.99. The van der Waals surface area contributed by atoms with Crippen LogP contribution in [0.25, 0.3) is 0 Å². The molecule has 96 valence electrons. The molecule has 1 amide bonds. The second-order valence-electron chi connectivity index (χ2n) is 5.26. The molecule has 2 aliphatic rings. The zero-order valence-corrected chi connectivity index (χ0v) is 11.1. The minimum absolute atomic E-state index is 0.166. The monoisotopic (exact) mass is 263 g/mol. The molecule has 0 aromatic heterocycles. The fourth-order valence-corrected chi connectivity index (χ4v) is 4.20. The minimum Gasteiger partial charge on any atom is -0.508 e. The number of phenols is 1. The lowest BCUT2D eigenvalue weighted by atomic mass is 9.75. The Labute approximate surface area is 111 Å². The summed E-state index contributed by atoms with van der Waals surface area (Å²) in [4.78, 5) is 13.4. The van der Waals surface area contributed by atoms with Gasteiger partial charge in [-0.15, -0.1) is 11.8 Å². The number of hydrogen-bond acceptors (Lipinski definition) is 3. The number of carbonyl (C=O) groups is 1. The normalized spacial score (nSPS) is 22.1. The fraction of sp³-hybridized carbons (Fsp3) is 0.500. The Hall–Kier alpha value is -1.16. The van der Waals surface area contributed by atoms with E-state index in [0.717, 1.165) is 42.0 Å². The number of phenolic OH excluding ortho intramolecular Hbond substituents is 1. The van der Waals surface area contributed by atoms with Gasteiger partial charge in [-0.05, 0) is 31.0 Å². The standard InChI is InChI=1S/C14H17NO2S/c16-10-4-5-11-12(8-10)18-9-14(13(17)15-11)6-2-1-3-7-14/h4-5,8,16H,1-3,6-7,9H2,(H,15,17). The van der Waals surface area contributed by atoms with E-state index in [4.69, 9.17) is 0 Å². The highest BCUT2D eigenvalue weighted by molar-refractivity contribution is 7.99. The van der Waals surface area contributed by atoms with Crippen LogP contribution in [0.2, 0.25) is 0 Å². The molecular weight excluding hydrogens is 246 g/mol. The number of aromatic hydroxyl groups is 1. The average Bonchev–Trinajstić information content (AvgIpc) is 2.51. The topological polar surface area (TPSA) is 49.3 Å². The van der Waals surface area contributed by atoms with Gasteiger partial charge in [0.2, 0.25) is 5.91 Å². The Morgan fingerprint density at radius 3 is 2.78 bits per heavy atom. The molecule has 1 aliphatic carbocycles. The van der Waals surface area contributed by atoms with Gasteiger partial charge in [-0.25, -0.2) is 0 Å². The highest BCUT2D eigenvalue weighted by atomic mass is 32.2. The van der Waals surface area contributed by atoms with E-state index in [2.05, 4.69) is 5.32 Å². The molecular formula is C14H17NO2S. The van der Waals surface area contributed by atoms with E-state index in [1.165, 1.54) is 6.42 Å². The Morgan fingerprint density at radius 2 is 2.00 bits per heavy atom. The summed E-state index contributed by atoms with van der Waals surface area (Å²) in [7, 11) is 0. The van der Waals surface area contributed by atoms with Gasteiger partial charge in [-0.3, -0.25) is 4.79 Å². The lowest BCUT2D eigenvalue weighted by Gasteiger charge is -2.33. The van der Waals surface area contributed by atoms with Crippen LogP contribution in [0.4, 0.5) is 5.69 Å². The first kappa shape index (κ1) is 11.9. The number of anilines is 1. The van der Waals surface area contributed by atoms with Crippen molar-refractivity contribution < 1.29 is 9.90 Å². The molecule has 18 heavy (non-hydrogen) atoms. The summed E-state index contributed by atoms with van der Waals surface area (Å²) < 4.78 is 0. The number of thioether (sulfide) groups is 1. The van der Waals surface area contributed by atoms with E-state index in [1.807, 2.05) is 0 Å². The van der Waals surface area contributed by atoms with Crippen LogP contribution in [0.5, 0.6) is 5.75 Å². The van der Waals surface area contributed by atoms with E-state index >= 15 is 0 Å². The number of nitrogens with one attached hydrogen (secondary N) is 1. The zero-order valence-electron chi connectivity index (χ0n) is 10.2. The van der Waals surface area contributed by atoms with Gasteiger partial charge in [-0.2, -0.15) is 0 Å². The highest BCUT2D eigenvalue weighted by Gasteiger charge is 2.41. The summed E-state index contributed by atoms with van der Waals surface area (Å²) in [6.45, 7) is 0. The van der Waals surface area contributed by atoms with Gasteiger partial charge in [0.1, 0.15) is 5.75 Å². The highest BCUT2D eigenvalue weighted by Crippen LogP contribution is 2.46. The van der Waals surface area contributed by atoms with Gasteiger partial charge in [-0.1, -0.05) is 19.3 Å². The van der Waals surface area contributed by atoms with Crippen molar-refractivity contribution in [3.63, 3.8) is 0 Å². The summed E-state index contributed by atoms with van der Waals surface area (Å²) in [5, 5.41) is 12.6. The molecule has 3 rings (SSSR count). The lowest BCUT2D eigenvalue weighted by molar-refractivity contribution is -0.126. The molecule has 1 aliphatic heterocycles. The maximum Gasteiger partial charge on any atom is 0.231 e. The van der Waals surface area contributed by atoms with Crippen molar-refractivity contribution in [3.05, 3.63) is 18.2 Å². The van der Waals surface area contributed by atoms with Gasteiger partial charge in [0, 0.05) is 10.6 Å². The van der Waals surface area contributed by atoms with E-state index in [-0.39, 0.29) is 17.1 Å². The molecule has 1 saturated carbocycles. The average molecular weight is 263 g/mol. The smallest absolute Gasteiger partial charge is 0.231 e. The van der Waals surface area contributed by atoms with Gasteiger partial charge in [0.15, 0.2) is 0 Å². The molecule has 4 heteroatoms. The van der Waals surface area contributed by atoms with Crippen LogP contribution in [0.15, 0.2) is 23.1 Å². The Kier molecular flexibility index (Phi) is 2.98. The third-order valence-corrected chi connectivity index (χ3v) is 5.36. The number of benzene rings is 1. The van der Waals surface area contributed by atoms with Gasteiger partial charge in [0.25, 0.3) is 0 Å². The summed E-state index contributed by atoms with van der Waals surface area (Å²) in [6, 6.07) is 5.15. The number of carbonyl (C=O) groups excluding carboxylic acids is 1. The molecule has 1 heterocycles. The van der Waals surface area contributed by atoms with Gasteiger partial charge < -0.3 is 10.4 Å². The molecule has 3 nitrogen and oxygen atoms in total. The molecule has 1 spiro atoms. The first-order valence-electron chi connectivity index (χ1n) is 6.47. The summed E-state index contributed by atoms with van der Waals surface area (Å²) >= 11 is 1.69. The predicted octanol–water partition coefficient (Wildman–Crippen LogP) is 3.39. The number of rotatable bonds is 0. The second kappa shape index (κ2) is 4.50. The Balaban J connectivity index is 1.92. The molecule has 0 radical (unpaired) electrons. The van der Waals surface area contributed by atoms with E-state index in [9.17, 15) is 9.90 Å². The zero-order chi connectivity index (χ0) is 12.6. The van der Waals surface area contributed by atoms with E-state index in [0.29, 0.717) is 0 Å². The van der Waals surface area contributed by atoms with Crippen LogP contribution in [0.3, 0.4) is 0 Å². The first-order valence-corrected chi connectivity index (χ1v) is 7.45. The molecule has 0 unspecified atom stereocenters. The second-order valence-corrected chi connectivity index (χ2v) is 6.28. The molecule has 0 bridgehead atoms.